The van der Waals surface area contributed by atoms with Crippen LogP contribution in [0, 0.1) is 11.8 Å². The highest BCUT2D eigenvalue weighted by Gasteiger charge is 2.35. The van der Waals surface area contributed by atoms with Crippen LogP contribution < -0.4 is 15.8 Å². The Kier molecular flexibility index (Phi) is 7.17. The van der Waals surface area contributed by atoms with Crippen molar-refractivity contribution in [2.24, 2.45) is 11.8 Å². The maximum Gasteiger partial charge on any atom is 0.278 e. The molecule has 226 valence electrons. The van der Waals surface area contributed by atoms with E-state index in [0.29, 0.717) is 59.5 Å². The molecule has 3 saturated heterocycles. The lowest BCUT2D eigenvalue weighted by Crippen LogP contribution is -2.44. The summed E-state index contributed by atoms with van der Waals surface area (Å²) in [5, 5.41) is 14.3. The summed E-state index contributed by atoms with van der Waals surface area (Å²) in [4.78, 5) is 32.3. The van der Waals surface area contributed by atoms with Crippen LogP contribution in [-0.2, 0) is 12.1 Å². The minimum atomic E-state index is -1.13. The van der Waals surface area contributed by atoms with Crippen LogP contribution in [0.15, 0.2) is 53.5 Å². The van der Waals surface area contributed by atoms with Gasteiger partial charge in [-0.25, -0.2) is 23.7 Å². The van der Waals surface area contributed by atoms with Gasteiger partial charge in [0.2, 0.25) is 5.95 Å². The quantitative estimate of drug-likeness (QED) is 0.300. The van der Waals surface area contributed by atoms with Crippen LogP contribution >= 0.6 is 0 Å². The molecular formula is C32H39FN8O2. The number of rotatable bonds is 9. The van der Waals surface area contributed by atoms with Crippen molar-refractivity contribution in [3.8, 4) is 5.82 Å². The van der Waals surface area contributed by atoms with E-state index in [9.17, 15) is 14.3 Å². The predicted molar refractivity (Wildman–Crippen MR) is 165 cm³/mol. The lowest BCUT2D eigenvalue weighted by molar-refractivity contribution is 0.0738. The number of aromatic nitrogens is 5. The zero-order valence-electron chi connectivity index (χ0n) is 24.8. The number of alkyl halides is 1. The lowest BCUT2D eigenvalue weighted by atomic mass is 9.94. The van der Waals surface area contributed by atoms with E-state index in [2.05, 4.69) is 32.2 Å². The summed E-state index contributed by atoms with van der Waals surface area (Å²) in [6.07, 6.45) is 6.10. The van der Waals surface area contributed by atoms with Crippen LogP contribution in [0.1, 0.15) is 45.2 Å². The summed E-state index contributed by atoms with van der Waals surface area (Å²) in [6, 6.07) is 14.1. The summed E-state index contributed by atoms with van der Waals surface area (Å²) in [6.45, 7) is 7.07. The van der Waals surface area contributed by atoms with Gasteiger partial charge in [-0.3, -0.25) is 9.69 Å². The van der Waals surface area contributed by atoms with Crippen molar-refractivity contribution in [2.45, 2.75) is 57.7 Å². The molecule has 2 atom stereocenters. The van der Waals surface area contributed by atoms with E-state index in [0.717, 1.165) is 44.6 Å². The third-order valence-electron chi connectivity index (χ3n) is 9.03. The van der Waals surface area contributed by atoms with Gasteiger partial charge in [0.05, 0.1) is 5.69 Å². The molecule has 0 amide bonds. The summed E-state index contributed by atoms with van der Waals surface area (Å²) in [5.41, 5.74) is 1.72. The Hall–Kier alpha value is -3.83. The maximum atomic E-state index is 13.5. The number of aliphatic hydroxyl groups is 1. The number of pyridine rings is 1. The van der Waals surface area contributed by atoms with Crippen molar-refractivity contribution < 1.29 is 9.50 Å². The van der Waals surface area contributed by atoms with Gasteiger partial charge in [-0.2, -0.15) is 4.98 Å². The van der Waals surface area contributed by atoms with Gasteiger partial charge in [0.15, 0.2) is 11.5 Å². The Bertz CT molecular complexity index is 1670. The standard InChI is InChI=1S/C32H39FN8O2/c1-32(2,43)27-4-3-5-28(36-27)41-29-26(30(42)40(41)19-21-6-7-21)16-34-31(37-29)35-23-9-12-24(13-10-23)39-18-22-8-11-25(39)20-38(17-22)15-14-33/h3-5,9-10,12-13,16,21-22,25,43H,6-8,11,14-15,17-20H2,1-2H3,(H,34,35,37). The van der Waals surface area contributed by atoms with E-state index in [4.69, 9.17) is 9.97 Å². The molecule has 8 rings (SSSR count). The van der Waals surface area contributed by atoms with Crippen LogP contribution in [0.5, 0.6) is 0 Å². The molecule has 6 heterocycles. The van der Waals surface area contributed by atoms with E-state index in [1.54, 1.807) is 35.5 Å². The summed E-state index contributed by atoms with van der Waals surface area (Å²) < 4.78 is 16.5. The molecule has 43 heavy (non-hydrogen) atoms. The highest BCUT2D eigenvalue weighted by atomic mass is 19.1. The first-order valence-electron chi connectivity index (χ1n) is 15.4. The van der Waals surface area contributed by atoms with E-state index < -0.39 is 5.60 Å². The third kappa shape index (κ3) is 5.63. The van der Waals surface area contributed by atoms with Crippen molar-refractivity contribution in [3.05, 3.63) is 64.7 Å². The zero-order chi connectivity index (χ0) is 29.7. The Morgan fingerprint density at radius 2 is 1.84 bits per heavy atom. The highest BCUT2D eigenvalue weighted by molar-refractivity contribution is 5.77. The first kappa shape index (κ1) is 28.0. The number of hydrogen-bond acceptors (Lipinski definition) is 8. The fourth-order valence-corrected chi connectivity index (χ4v) is 6.58. The first-order valence-corrected chi connectivity index (χ1v) is 15.4. The number of halogens is 1. The second-order valence-electron chi connectivity index (χ2n) is 12.9. The minimum Gasteiger partial charge on any atom is -0.384 e. The van der Waals surface area contributed by atoms with Crippen molar-refractivity contribution in [1.82, 2.24) is 29.2 Å². The number of anilines is 3. The van der Waals surface area contributed by atoms with Gasteiger partial charge < -0.3 is 15.3 Å². The van der Waals surface area contributed by atoms with Crippen molar-refractivity contribution in [1.29, 1.82) is 0 Å². The molecule has 4 aliphatic rings. The number of nitrogens with one attached hydrogen (secondary N) is 1. The van der Waals surface area contributed by atoms with Gasteiger partial charge in [-0.15, -0.1) is 0 Å². The fraction of sp³-hybridized carbons (Fsp3) is 0.500. The van der Waals surface area contributed by atoms with Crippen LogP contribution in [0.3, 0.4) is 0 Å². The molecule has 1 saturated carbocycles. The lowest BCUT2D eigenvalue weighted by Gasteiger charge is -2.38. The molecule has 4 fully saturated rings. The molecular weight excluding hydrogens is 547 g/mol. The van der Waals surface area contributed by atoms with Crippen LogP contribution in [0.4, 0.5) is 21.7 Å². The third-order valence-corrected chi connectivity index (χ3v) is 9.03. The molecule has 3 aliphatic heterocycles. The molecule has 0 spiro atoms. The van der Waals surface area contributed by atoms with Gasteiger partial charge in [0.1, 0.15) is 17.7 Å². The molecule has 11 heteroatoms. The minimum absolute atomic E-state index is 0.148. The molecule has 2 bridgehead atoms. The smallest absolute Gasteiger partial charge is 0.278 e. The monoisotopic (exact) mass is 586 g/mol. The van der Waals surface area contributed by atoms with Crippen molar-refractivity contribution in [2.75, 3.05) is 43.1 Å². The van der Waals surface area contributed by atoms with E-state index in [1.165, 1.54) is 12.1 Å². The normalized spacial score (nSPS) is 21.0. The second-order valence-corrected chi connectivity index (χ2v) is 12.9. The van der Waals surface area contributed by atoms with Gasteiger partial charge in [-0.05, 0) is 87.8 Å². The summed E-state index contributed by atoms with van der Waals surface area (Å²) >= 11 is 0. The van der Waals surface area contributed by atoms with Crippen molar-refractivity contribution in [3.63, 3.8) is 0 Å². The number of fused-ring (bicyclic) bond motifs is 5. The fourth-order valence-electron chi connectivity index (χ4n) is 6.58. The number of nitrogens with zero attached hydrogens (tertiary/aromatic N) is 7. The molecule has 1 aliphatic carbocycles. The SMILES string of the molecule is CC(C)(O)c1cccc(-n2c3nc(Nc4ccc(N5CC6CCC5CN(CCF)C6)cc4)ncc3c(=O)n2CC2CC2)n1. The number of piperidine rings is 1. The van der Waals surface area contributed by atoms with E-state index in [-0.39, 0.29) is 12.2 Å². The largest absolute Gasteiger partial charge is 0.384 e. The Morgan fingerprint density at radius 3 is 2.58 bits per heavy atom. The average molecular weight is 587 g/mol. The number of hydrogen-bond donors (Lipinski definition) is 2. The van der Waals surface area contributed by atoms with Gasteiger partial charge in [-0.1, -0.05) is 6.07 Å². The Morgan fingerprint density at radius 1 is 1.02 bits per heavy atom. The molecule has 10 nitrogen and oxygen atoms in total. The zero-order valence-corrected chi connectivity index (χ0v) is 24.8. The Balaban J connectivity index is 1.18. The molecule has 0 radical (unpaired) electrons. The van der Waals surface area contributed by atoms with Crippen LogP contribution in [0.2, 0.25) is 0 Å². The molecule has 2 N–H and O–H groups in total. The predicted octanol–water partition coefficient (Wildman–Crippen LogP) is 4.23. The van der Waals surface area contributed by atoms with Crippen molar-refractivity contribution >= 4 is 28.4 Å². The molecule has 3 aromatic heterocycles. The molecule has 2 unspecified atom stereocenters. The highest BCUT2D eigenvalue weighted by Crippen LogP contribution is 2.33. The molecule has 4 aromatic rings. The first-order chi connectivity index (χ1) is 20.8. The van der Waals surface area contributed by atoms with E-state index >= 15 is 0 Å². The molecule has 1 aromatic carbocycles. The van der Waals surface area contributed by atoms with Crippen LogP contribution in [0.25, 0.3) is 16.9 Å². The summed E-state index contributed by atoms with van der Waals surface area (Å²) in [7, 11) is 0. The second kappa shape index (κ2) is 11.0. The Labute approximate surface area is 250 Å². The number of benzene rings is 1. The van der Waals surface area contributed by atoms with E-state index in [1.807, 2.05) is 24.3 Å². The topological polar surface area (TPSA) is 104 Å². The van der Waals surface area contributed by atoms with Gasteiger partial charge in [0, 0.05) is 56.3 Å². The average Bonchev–Trinajstić information content (AvgIpc) is 3.82. The summed E-state index contributed by atoms with van der Waals surface area (Å²) in [5.74, 6) is 1.92. The van der Waals surface area contributed by atoms with Gasteiger partial charge >= 0.3 is 0 Å². The van der Waals surface area contributed by atoms with Crippen LogP contribution in [-0.4, -0.2) is 73.2 Å². The van der Waals surface area contributed by atoms with Gasteiger partial charge in [0.25, 0.3) is 5.56 Å². The maximum absolute atomic E-state index is 13.5.